The van der Waals surface area contributed by atoms with Crippen LogP contribution in [0.1, 0.15) is 37.2 Å². The molecule has 0 amide bonds. The van der Waals surface area contributed by atoms with Gasteiger partial charge in [0.15, 0.2) is 11.5 Å². The Morgan fingerprint density at radius 2 is 1.90 bits per heavy atom. The molecule has 12 heteroatoms. The number of hydrogen-bond donors (Lipinski definition) is 1. The molecule has 0 aromatic carbocycles. The molecule has 0 spiro atoms. The Kier molecular flexibility index (Phi) is 6.54. The van der Waals surface area contributed by atoms with Gasteiger partial charge in [-0.15, -0.1) is 0 Å². The van der Waals surface area contributed by atoms with Gasteiger partial charge in [0.1, 0.15) is 11.5 Å². The number of aryl methyl sites for hydroxylation is 1. The highest BCUT2D eigenvalue weighted by Crippen LogP contribution is 2.42. The molecule has 0 unspecified atom stereocenters. The van der Waals surface area contributed by atoms with Crippen molar-refractivity contribution < 1.29 is 17.9 Å². The number of rotatable bonds is 4. The summed E-state index contributed by atoms with van der Waals surface area (Å²) in [5, 5.41) is 5.27. The Hall–Kier alpha value is -3.51. The number of halogens is 3. The van der Waals surface area contributed by atoms with Gasteiger partial charge in [0, 0.05) is 36.0 Å². The molecular weight excluding hydrogens is 509 g/mol. The molecule has 6 rings (SSSR count). The first-order valence-electron chi connectivity index (χ1n) is 13.2. The SMILES string of the molecule is Cc1nn(C2CCN(C)CC2)c(C(F)(F)F)c1-c1cc(N2CCOC[C@H]2C)nc(-c2ccnc3[nH]ccc23)n1. The third-order valence-electron chi connectivity index (χ3n) is 7.72. The average Bonchev–Trinajstić information content (AvgIpc) is 3.53. The summed E-state index contributed by atoms with van der Waals surface area (Å²) < 4.78 is 51.2. The molecule has 39 heavy (non-hydrogen) atoms. The normalized spacial score (nSPS) is 19.7. The van der Waals surface area contributed by atoms with Crippen LogP contribution < -0.4 is 4.90 Å². The molecule has 4 aromatic heterocycles. The number of hydrogen-bond acceptors (Lipinski definition) is 7. The first-order valence-corrected chi connectivity index (χ1v) is 13.2. The number of likely N-dealkylation sites (tertiary alicyclic amines) is 1. The van der Waals surface area contributed by atoms with E-state index in [1.165, 1.54) is 4.68 Å². The highest BCUT2D eigenvalue weighted by atomic mass is 19.4. The molecule has 1 atom stereocenters. The minimum Gasteiger partial charge on any atom is -0.377 e. The van der Waals surface area contributed by atoms with Crippen LogP contribution in [0.3, 0.4) is 0 Å². The number of piperidine rings is 1. The monoisotopic (exact) mass is 540 g/mol. The molecule has 206 valence electrons. The van der Waals surface area contributed by atoms with Crippen LogP contribution in [-0.4, -0.2) is 80.6 Å². The van der Waals surface area contributed by atoms with Crippen LogP contribution in [-0.2, 0) is 10.9 Å². The van der Waals surface area contributed by atoms with E-state index in [0.29, 0.717) is 61.1 Å². The smallest absolute Gasteiger partial charge is 0.377 e. The van der Waals surface area contributed by atoms with Crippen molar-refractivity contribution in [2.75, 3.05) is 44.8 Å². The number of anilines is 1. The predicted octanol–water partition coefficient (Wildman–Crippen LogP) is 4.70. The fourth-order valence-electron chi connectivity index (χ4n) is 5.68. The number of aromatic amines is 1. The van der Waals surface area contributed by atoms with E-state index < -0.39 is 11.9 Å². The van der Waals surface area contributed by atoms with Crippen LogP contribution >= 0.6 is 0 Å². The van der Waals surface area contributed by atoms with E-state index in [9.17, 15) is 13.2 Å². The van der Waals surface area contributed by atoms with Gasteiger partial charge in [-0.3, -0.25) is 4.68 Å². The lowest BCUT2D eigenvalue weighted by atomic mass is 10.0. The number of morpholine rings is 1. The molecule has 2 fully saturated rings. The van der Waals surface area contributed by atoms with Crippen LogP contribution in [0.2, 0.25) is 0 Å². The Morgan fingerprint density at radius 3 is 2.64 bits per heavy atom. The van der Waals surface area contributed by atoms with E-state index in [-0.39, 0.29) is 23.3 Å². The Balaban J connectivity index is 1.56. The Labute approximate surface area is 224 Å². The zero-order valence-electron chi connectivity index (χ0n) is 22.2. The van der Waals surface area contributed by atoms with Gasteiger partial charge >= 0.3 is 6.18 Å². The molecule has 2 aliphatic heterocycles. The van der Waals surface area contributed by atoms with E-state index in [1.54, 1.807) is 31.5 Å². The summed E-state index contributed by atoms with van der Waals surface area (Å²) in [5.74, 6) is 0.902. The summed E-state index contributed by atoms with van der Waals surface area (Å²) in [6.45, 7) is 6.69. The van der Waals surface area contributed by atoms with Crippen molar-refractivity contribution in [2.45, 2.75) is 44.9 Å². The van der Waals surface area contributed by atoms with Crippen molar-refractivity contribution in [1.82, 2.24) is 34.6 Å². The standard InChI is InChI=1S/C27H31F3N8O/c1-16-15-39-13-12-37(16)22-14-21(33-26(34-22)20-5-9-32-25-19(20)4-8-31-25)23-17(2)35-38(24(23)27(28,29)30)18-6-10-36(3)11-7-18/h4-5,8-9,14,16,18H,6-7,10-13,15H2,1-3H3,(H,31,32)/t16-/m1/s1. The number of aromatic nitrogens is 6. The van der Waals surface area contributed by atoms with E-state index in [1.807, 2.05) is 20.0 Å². The lowest BCUT2D eigenvalue weighted by Crippen LogP contribution is -2.44. The van der Waals surface area contributed by atoms with Crippen LogP contribution in [0.25, 0.3) is 33.7 Å². The highest BCUT2D eigenvalue weighted by molar-refractivity contribution is 5.91. The van der Waals surface area contributed by atoms with Gasteiger partial charge in [0.05, 0.1) is 42.2 Å². The van der Waals surface area contributed by atoms with Crippen molar-refractivity contribution in [2.24, 2.45) is 0 Å². The van der Waals surface area contributed by atoms with Crippen molar-refractivity contribution in [3.63, 3.8) is 0 Å². The Morgan fingerprint density at radius 1 is 1.10 bits per heavy atom. The zero-order valence-corrected chi connectivity index (χ0v) is 22.2. The number of ether oxygens (including phenoxy) is 1. The fraction of sp³-hybridized carbons (Fsp3) is 0.481. The van der Waals surface area contributed by atoms with E-state index >= 15 is 0 Å². The van der Waals surface area contributed by atoms with Crippen molar-refractivity contribution in [3.8, 4) is 22.6 Å². The summed E-state index contributed by atoms with van der Waals surface area (Å²) in [7, 11) is 1.98. The molecule has 0 bridgehead atoms. The van der Waals surface area contributed by atoms with Crippen LogP contribution in [0, 0.1) is 6.92 Å². The molecule has 2 aliphatic rings. The lowest BCUT2D eigenvalue weighted by molar-refractivity contribution is -0.144. The number of nitrogens with one attached hydrogen (secondary N) is 1. The summed E-state index contributed by atoms with van der Waals surface area (Å²) in [5.41, 5.74) is 1.11. The third-order valence-corrected chi connectivity index (χ3v) is 7.72. The molecule has 0 radical (unpaired) electrons. The molecule has 0 saturated carbocycles. The maximum absolute atomic E-state index is 14.8. The first-order chi connectivity index (χ1) is 18.7. The molecule has 9 nitrogen and oxygen atoms in total. The van der Waals surface area contributed by atoms with Gasteiger partial charge in [0.2, 0.25) is 0 Å². The van der Waals surface area contributed by atoms with E-state index in [0.717, 1.165) is 18.5 Å². The zero-order chi connectivity index (χ0) is 27.3. The van der Waals surface area contributed by atoms with Crippen LogP contribution in [0.15, 0.2) is 30.6 Å². The second-order valence-corrected chi connectivity index (χ2v) is 10.4. The molecule has 4 aromatic rings. The number of H-pyrrole nitrogens is 1. The maximum atomic E-state index is 14.8. The average molecular weight is 541 g/mol. The summed E-state index contributed by atoms with van der Waals surface area (Å²) >= 11 is 0. The summed E-state index contributed by atoms with van der Waals surface area (Å²) in [6.07, 6.45) is 0.0176. The quantitative estimate of drug-likeness (QED) is 0.401. The minimum atomic E-state index is -4.61. The summed E-state index contributed by atoms with van der Waals surface area (Å²) in [6, 6.07) is 5.00. The second kappa shape index (κ2) is 9.91. The van der Waals surface area contributed by atoms with Gasteiger partial charge < -0.3 is 19.5 Å². The van der Waals surface area contributed by atoms with Gasteiger partial charge in [-0.05, 0) is 59.0 Å². The lowest BCUT2D eigenvalue weighted by Gasteiger charge is -2.34. The van der Waals surface area contributed by atoms with Crippen molar-refractivity contribution in [3.05, 3.63) is 42.0 Å². The molecule has 6 heterocycles. The largest absolute Gasteiger partial charge is 0.433 e. The predicted molar refractivity (Wildman–Crippen MR) is 141 cm³/mol. The van der Waals surface area contributed by atoms with E-state index in [4.69, 9.17) is 14.7 Å². The molecule has 1 N–H and O–H groups in total. The topological polar surface area (TPSA) is 88.0 Å². The van der Waals surface area contributed by atoms with Gasteiger partial charge in [-0.1, -0.05) is 0 Å². The van der Waals surface area contributed by atoms with Gasteiger partial charge in [0.25, 0.3) is 0 Å². The van der Waals surface area contributed by atoms with Crippen molar-refractivity contribution >= 4 is 16.9 Å². The Bertz CT molecular complexity index is 1490. The molecular formula is C27H31F3N8O. The molecule has 0 aliphatic carbocycles. The minimum absolute atomic E-state index is 0.00389. The second-order valence-electron chi connectivity index (χ2n) is 10.4. The molecule has 2 saturated heterocycles. The number of nitrogens with zero attached hydrogens (tertiary/aromatic N) is 7. The first kappa shape index (κ1) is 25.8. The number of alkyl halides is 3. The number of pyridine rings is 1. The number of fused-ring (bicyclic) bond motifs is 1. The van der Waals surface area contributed by atoms with Crippen LogP contribution in [0.5, 0.6) is 0 Å². The van der Waals surface area contributed by atoms with Crippen molar-refractivity contribution in [1.29, 1.82) is 0 Å². The highest BCUT2D eigenvalue weighted by Gasteiger charge is 2.42. The van der Waals surface area contributed by atoms with Crippen LogP contribution in [0.4, 0.5) is 19.0 Å². The fourth-order valence-corrected chi connectivity index (χ4v) is 5.68. The maximum Gasteiger partial charge on any atom is 0.433 e. The van der Waals surface area contributed by atoms with E-state index in [2.05, 4.69) is 24.9 Å². The summed E-state index contributed by atoms with van der Waals surface area (Å²) in [4.78, 5) is 21.2. The third kappa shape index (κ3) is 4.76. The van der Waals surface area contributed by atoms with Gasteiger partial charge in [-0.2, -0.15) is 18.3 Å². The van der Waals surface area contributed by atoms with Gasteiger partial charge in [-0.25, -0.2) is 15.0 Å².